The maximum absolute atomic E-state index is 3.60. The average molecular weight is 272 g/mol. The van der Waals surface area contributed by atoms with Gasteiger partial charge in [-0.1, -0.05) is 24.3 Å². The van der Waals surface area contributed by atoms with E-state index in [-0.39, 0.29) is 0 Å². The highest BCUT2D eigenvalue weighted by molar-refractivity contribution is 5.23. The van der Waals surface area contributed by atoms with Crippen LogP contribution in [0.4, 0.5) is 0 Å². The minimum atomic E-state index is 0.642. The summed E-state index contributed by atoms with van der Waals surface area (Å²) in [5, 5.41) is 3.60. The van der Waals surface area contributed by atoms with Crippen LogP contribution in [-0.4, -0.2) is 23.5 Å². The molecule has 1 N–H and O–H groups in total. The van der Waals surface area contributed by atoms with Crippen LogP contribution in [0.15, 0.2) is 24.3 Å². The summed E-state index contributed by atoms with van der Waals surface area (Å²) in [4.78, 5) is 2.63. The second kappa shape index (κ2) is 6.28. The van der Waals surface area contributed by atoms with Crippen molar-refractivity contribution in [3.8, 4) is 0 Å². The van der Waals surface area contributed by atoms with E-state index < -0.39 is 0 Å². The lowest BCUT2D eigenvalue weighted by Crippen LogP contribution is -2.32. The minimum absolute atomic E-state index is 0.642. The van der Waals surface area contributed by atoms with Crippen molar-refractivity contribution in [3.63, 3.8) is 0 Å². The van der Waals surface area contributed by atoms with Gasteiger partial charge in [0.2, 0.25) is 0 Å². The van der Waals surface area contributed by atoms with Crippen LogP contribution in [0, 0.1) is 5.92 Å². The monoisotopic (exact) mass is 272 g/mol. The van der Waals surface area contributed by atoms with E-state index in [9.17, 15) is 0 Å². The average Bonchev–Trinajstić information content (AvgIpc) is 3.31. The van der Waals surface area contributed by atoms with Crippen molar-refractivity contribution >= 4 is 0 Å². The molecule has 0 radical (unpaired) electrons. The first-order valence-electron chi connectivity index (χ1n) is 8.26. The Morgan fingerprint density at radius 3 is 2.55 bits per heavy atom. The molecule has 20 heavy (non-hydrogen) atoms. The Morgan fingerprint density at radius 2 is 1.90 bits per heavy atom. The molecule has 0 unspecified atom stereocenters. The lowest BCUT2D eigenvalue weighted by molar-refractivity contribution is 0.204. The van der Waals surface area contributed by atoms with Crippen molar-refractivity contribution in [2.24, 2.45) is 5.92 Å². The van der Waals surface area contributed by atoms with E-state index in [1.165, 1.54) is 43.4 Å². The molecule has 3 rings (SSSR count). The van der Waals surface area contributed by atoms with Gasteiger partial charge in [-0.15, -0.1) is 0 Å². The molecule has 0 bridgehead atoms. The van der Waals surface area contributed by atoms with E-state index in [2.05, 4.69) is 48.3 Å². The molecule has 0 amide bonds. The zero-order valence-corrected chi connectivity index (χ0v) is 12.9. The van der Waals surface area contributed by atoms with E-state index in [4.69, 9.17) is 0 Å². The zero-order valence-electron chi connectivity index (χ0n) is 12.9. The summed E-state index contributed by atoms with van der Waals surface area (Å²) in [6, 6.07) is 10.6. The SMILES string of the molecule is CC(C)N(Cc1cccc(CNC2CC2)c1)CC1CC1. The van der Waals surface area contributed by atoms with Gasteiger partial charge in [0.25, 0.3) is 0 Å². The lowest BCUT2D eigenvalue weighted by atomic mass is 10.1. The van der Waals surface area contributed by atoms with E-state index >= 15 is 0 Å². The molecule has 1 aromatic carbocycles. The third kappa shape index (κ3) is 4.32. The maximum Gasteiger partial charge on any atom is 0.0236 e. The van der Waals surface area contributed by atoms with Gasteiger partial charge in [0, 0.05) is 31.7 Å². The molecule has 2 saturated carbocycles. The standard InChI is InChI=1S/C18H28N2/c1-14(2)20(12-15-6-7-15)13-17-5-3-4-16(10-17)11-19-18-8-9-18/h3-5,10,14-15,18-19H,6-9,11-13H2,1-2H3. The Morgan fingerprint density at radius 1 is 1.15 bits per heavy atom. The summed E-state index contributed by atoms with van der Waals surface area (Å²) in [6.45, 7) is 8.05. The van der Waals surface area contributed by atoms with E-state index in [0.29, 0.717) is 6.04 Å². The van der Waals surface area contributed by atoms with Crippen LogP contribution in [0.25, 0.3) is 0 Å². The summed E-state index contributed by atoms with van der Waals surface area (Å²) in [7, 11) is 0. The topological polar surface area (TPSA) is 15.3 Å². The Hall–Kier alpha value is -0.860. The largest absolute Gasteiger partial charge is 0.310 e. The molecular weight excluding hydrogens is 244 g/mol. The summed E-state index contributed by atoms with van der Waals surface area (Å²) in [5.74, 6) is 0.970. The fraction of sp³-hybridized carbons (Fsp3) is 0.667. The quantitative estimate of drug-likeness (QED) is 0.778. The second-order valence-electron chi connectivity index (χ2n) is 6.94. The first kappa shape index (κ1) is 14.1. The number of hydrogen-bond acceptors (Lipinski definition) is 2. The molecule has 2 fully saturated rings. The Balaban J connectivity index is 1.57. The first-order chi connectivity index (χ1) is 9.70. The minimum Gasteiger partial charge on any atom is -0.310 e. The lowest BCUT2D eigenvalue weighted by Gasteiger charge is -2.26. The van der Waals surface area contributed by atoms with Gasteiger partial charge < -0.3 is 5.32 Å². The van der Waals surface area contributed by atoms with Gasteiger partial charge in [-0.25, -0.2) is 0 Å². The van der Waals surface area contributed by atoms with Gasteiger partial charge in [0.15, 0.2) is 0 Å². The molecule has 0 saturated heterocycles. The number of benzene rings is 1. The molecule has 0 heterocycles. The number of hydrogen-bond donors (Lipinski definition) is 1. The van der Waals surface area contributed by atoms with Crippen molar-refractivity contribution < 1.29 is 0 Å². The van der Waals surface area contributed by atoms with Crippen molar-refractivity contribution in [3.05, 3.63) is 35.4 Å². The van der Waals surface area contributed by atoms with Gasteiger partial charge in [-0.05, 0) is 56.6 Å². The van der Waals surface area contributed by atoms with Crippen molar-refractivity contribution in [2.45, 2.75) is 64.7 Å². The molecule has 0 aliphatic heterocycles. The Labute approximate surface area is 123 Å². The Kier molecular flexibility index (Phi) is 4.42. The molecule has 2 nitrogen and oxygen atoms in total. The predicted octanol–water partition coefficient (Wildman–Crippen LogP) is 3.56. The van der Waals surface area contributed by atoms with Gasteiger partial charge in [-0.2, -0.15) is 0 Å². The first-order valence-corrected chi connectivity index (χ1v) is 8.26. The highest BCUT2D eigenvalue weighted by Crippen LogP contribution is 2.30. The summed E-state index contributed by atoms with van der Waals surface area (Å²) in [5.41, 5.74) is 2.90. The smallest absolute Gasteiger partial charge is 0.0236 e. The van der Waals surface area contributed by atoms with Crippen LogP contribution in [0.1, 0.15) is 50.7 Å². The predicted molar refractivity (Wildman–Crippen MR) is 84.6 cm³/mol. The zero-order chi connectivity index (χ0) is 13.9. The van der Waals surface area contributed by atoms with Crippen LogP contribution in [0.2, 0.25) is 0 Å². The van der Waals surface area contributed by atoms with Crippen molar-refractivity contribution in [2.75, 3.05) is 6.54 Å². The van der Waals surface area contributed by atoms with Gasteiger partial charge in [0.05, 0.1) is 0 Å². The second-order valence-corrected chi connectivity index (χ2v) is 6.94. The molecule has 0 spiro atoms. The fourth-order valence-corrected chi connectivity index (χ4v) is 2.71. The molecular formula is C18H28N2. The number of rotatable bonds is 8. The van der Waals surface area contributed by atoms with Gasteiger partial charge >= 0.3 is 0 Å². The molecule has 2 heteroatoms. The summed E-state index contributed by atoms with van der Waals surface area (Å²) >= 11 is 0. The normalized spacial score (nSPS) is 19.0. The molecule has 1 aromatic rings. The molecule has 2 aliphatic rings. The third-order valence-electron chi connectivity index (χ3n) is 4.47. The van der Waals surface area contributed by atoms with Gasteiger partial charge in [0.1, 0.15) is 0 Å². The van der Waals surface area contributed by atoms with Crippen molar-refractivity contribution in [1.29, 1.82) is 0 Å². The van der Waals surface area contributed by atoms with Crippen LogP contribution in [0.5, 0.6) is 0 Å². The molecule has 0 atom stereocenters. The molecule has 110 valence electrons. The van der Waals surface area contributed by atoms with E-state index in [1.807, 2.05) is 0 Å². The molecule has 0 aromatic heterocycles. The summed E-state index contributed by atoms with van der Waals surface area (Å²) < 4.78 is 0. The van der Waals surface area contributed by atoms with E-state index in [0.717, 1.165) is 25.0 Å². The van der Waals surface area contributed by atoms with E-state index in [1.54, 1.807) is 0 Å². The van der Waals surface area contributed by atoms with Crippen molar-refractivity contribution in [1.82, 2.24) is 10.2 Å². The number of nitrogens with one attached hydrogen (secondary N) is 1. The Bertz CT molecular complexity index is 433. The van der Waals surface area contributed by atoms with Crippen LogP contribution in [0.3, 0.4) is 0 Å². The van der Waals surface area contributed by atoms with Crippen LogP contribution in [-0.2, 0) is 13.1 Å². The number of nitrogens with zero attached hydrogens (tertiary/aromatic N) is 1. The van der Waals surface area contributed by atoms with Gasteiger partial charge in [-0.3, -0.25) is 4.90 Å². The summed E-state index contributed by atoms with van der Waals surface area (Å²) in [6.07, 6.45) is 5.60. The highest BCUT2D eigenvalue weighted by Gasteiger charge is 2.25. The third-order valence-corrected chi connectivity index (χ3v) is 4.47. The van der Waals surface area contributed by atoms with Crippen LogP contribution < -0.4 is 5.32 Å². The highest BCUT2D eigenvalue weighted by atomic mass is 15.1. The molecule has 2 aliphatic carbocycles. The fourth-order valence-electron chi connectivity index (χ4n) is 2.71. The van der Waals surface area contributed by atoms with Crippen LogP contribution >= 0.6 is 0 Å². The maximum atomic E-state index is 3.60.